The molecule has 7 heteroatoms. The van der Waals surface area contributed by atoms with Crippen LogP contribution in [0.2, 0.25) is 5.02 Å². The van der Waals surface area contributed by atoms with Gasteiger partial charge in [0.05, 0.1) is 25.3 Å². The van der Waals surface area contributed by atoms with Crippen molar-refractivity contribution < 1.29 is 14.3 Å². The van der Waals surface area contributed by atoms with Crippen molar-refractivity contribution in [2.45, 2.75) is 0 Å². The van der Waals surface area contributed by atoms with E-state index in [4.69, 9.17) is 21.1 Å². The highest BCUT2D eigenvalue weighted by Gasteiger charge is 2.52. The first-order chi connectivity index (χ1) is 12.0. The van der Waals surface area contributed by atoms with Crippen molar-refractivity contribution in [1.82, 2.24) is 9.88 Å². The van der Waals surface area contributed by atoms with Crippen molar-refractivity contribution in [3.63, 3.8) is 0 Å². The minimum Gasteiger partial charge on any atom is -0.384 e. The lowest BCUT2D eigenvalue weighted by molar-refractivity contribution is 0.0488. The largest absolute Gasteiger partial charge is 0.384 e. The molecule has 0 spiro atoms. The SMILES string of the molecule is COC[C@@]12COC[C@@H]1CN(C(=O)c1c[nH]c3cc(Cl)ccc3c1=O)C2. The third-order valence-corrected chi connectivity index (χ3v) is 5.55. The van der Waals surface area contributed by atoms with Crippen LogP contribution in [0.3, 0.4) is 0 Å². The maximum Gasteiger partial charge on any atom is 0.259 e. The summed E-state index contributed by atoms with van der Waals surface area (Å²) < 4.78 is 11.0. The van der Waals surface area contributed by atoms with Gasteiger partial charge in [0.25, 0.3) is 5.91 Å². The van der Waals surface area contributed by atoms with E-state index < -0.39 is 0 Å². The van der Waals surface area contributed by atoms with Crippen molar-refractivity contribution in [1.29, 1.82) is 0 Å². The van der Waals surface area contributed by atoms with Gasteiger partial charge in [-0.2, -0.15) is 0 Å². The summed E-state index contributed by atoms with van der Waals surface area (Å²) in [6, 6.07) is 4.97. The normalized spacial score (nSPS) is 25.5. The Balaban J connectivity index is 1.66. The van der Waals surface area contributed by atoms with Crippen LogP contribution < -0.4 is 5.43 Å². The number of halogens is 1. The Morgan fingerprint density at radius 1 is 1.52 bits per heavy atom. The number of nitrogens with one attached hydrogen (secondary N) is 1. The van der Waals surface area contributed by atoms with E-state index in [0.717, 1.165) is 0 Å². The third-order valence-electron chi connectivity index (χ3n) is 5.31. The topological polar surface area (TPSA) is 71.6 Å². The Hall–Kier alpha value is -1.89. The number of carbonyl (C=O) groups is 1. The molecule has 0 bridgehead atoms. The minimum absolute atomic E-state index is 0.156. The number of nitrogens with zero attached hydrogens (tertiary/aromatic N) is 1. The highest BCUT2D eigenvalue weighted by atomic mass is 35.5. The molecular formula is C18H19ClN2O4. The van der Waals surface area contributed by atoms with Gasteiger partial charge in [-0.25, -0.2) is 0 Å². The molecule has 1 aromatic heterocycles. The van der Waals surface area contributed by atoms with Gasteiger partial charge in [0.2, 0.25) is 5.43 Å². The molecule has 0 aliphatic carbocycles. The van der Waals surface area contributed by atoms with E-state index in [9.17, 15) is 9.59 Å². The first kappa shape index (κ1) is 16.6. The van der Waals surface area contributed by atoms with Gasteiger partial charge < -0.3 is 19.4 Å². The van der Waals surface area contributed by atoms with Gasteiger partial charge in [-0.1, -0.05) is 11.6 Å². The molecule has 2 saturated heterocycles. The molecule has 0 unspecified atom stereocenters. The number of aromatic amines is 1. The number of benzene rings is 1. The molecule has 2 aliphatic heterocycles. The smallest absolute Gasteiger partial charge is 0.259 e. The van der Waals surface area contributed by atoms with Gasteiger partial charge >= 0.3 is 0 Å². The van der Waals surface area contributed by atoms with Crippen LogP contribution in [-0.2, 0) is 9.47 Å². The zero-order valence-electron chi connectivity index (χ0n) is 13.9. The number of carbonyl (C=O) groups excluding carboxylic acids is 1. The zero-order valence-corrected chi connectivity index (χ0v) is 14.6. The number of hydrogen-bond donors (Lipinski definition) is 1. The monoisotopic (exact) mass is 362 g/mol. The Morgan fingerprint density at radius 2 is 2.36 bits per heavy atom. The van der Waals surface area contributed by atoms with Crippen LogP contribution in [0, 0.1) is 11.3 Å². The molecule has 2 aliphatic rings. The van der Waals surface area contributed by atoms with E-state index in [1.807, 2.05) is 0 Å². The maximum absolute atomic E-state index is 13.0. The molecule has 2 aromatic rings. The highest BCUT2D eigenvalue weighted by molar-refractivity contribution is 6.31. The summed E-state index contributed by atoms with van der Waals surface area (Å²) in [6.07, 6.45) is 1.48. The second-order valence-electron chi connectivity index (χ2n) is 6.91. The van der Waals surface area contributed by atoms with Crippen molar-refractivity contribution in [3.05, 3.63) is 45.2 Å². The average Bonchev–Trinajstić information content (AvgIpc) is 3.11. The summed E-state index contributed by atoms with van der Waals surface area (Å²) in [5, 5.41) is 1.00. The molecule has 2 fully saturated rings. The minimum atomic E-state index is -0.274. The van der Waals surface area contributed by atoms with Gasteiger partial charge in [-0.3, -0.25) is 9.59 Å². The molecule has 25 heavy (non-hydrogen) atoms. The second-order valence-corrected chi connectivity index (χ2v) is 7.35. The van der Waals surface area contributed by atoms with Gasteiger partial charge in [0, 0.05) is 48.1 Å². The Kier molecular flexibility index (Phi) is 4.06. The number of ether oxygens (including phenoxy) is 2. The van der Waals surface area contributed by atoms with E-state index in [1.165, 1.54) is 6.20 Å². The van der Waals surface area contributed by atoms with E-state index in [0.29, 0.717) is 48.8 Å². The quantitative estimate of drug-likeness (QED) is 0.905. The molecular weight excluding hydrogens is 344 g/mol. The standard InChI is InChI=1S/C18H19ClN2O4/c1-24-9-18-8-21(6-11(18)7-25-10-18)17(23)14-5-20-15-4-12(19)2-3-13(15)16(14)22/h2-5,11H,6-10H2,1H3,(H,20,22)/t11-,18-/m0/s1. The van der Waals surface area contributed by atoms with Crippen molar-refractivity contribution >= 4 is 28.4 Å². The molecule has 1 amide bonds. The van der Waals surface area contributed by atoms with E-state index in [-0.39, 0.29) is 28.2 Å². The van der Waals surface area contributed by atoms with Crippen LogP contribution in [0.4, 0.5) is 0 Å². The lowest BCUT2D eigenvalue weighted by Gasteiger charge is -2.25. The van der Waals surface area contributed by atoms with Gasteiger partial charge in [-0.05, 0) is 18.2 Å². The number of aromatic nitrogens is 1. The molecule has 6 nitrogen and oxygen atoms in total. The Morgan fingerprint density at radius 3 is 3.16 bits per heavy atom. The molecule has 1 N–H and O–H groups in total. The predicted octanol–water partition coefficient (Wildman–Crippen LogP) is 1.92. The molecule has 4 rings (SSSR count). The van der Waals surface area contributed by atoms with Crippen LogP contribution in [0.5, 0.6) is 0 Å². The first-order valence-electron chi connectivity index (χ1n) is 8.21. The summed E-state index contributed by atoms with van der Waals surface area (Å²) >= 11 is 5.96. The third kappa shape index (κ3) is 2.65. The van der Waals surface area contributed by atoms with Crippen LogP contribution >= 0.6 is 11.6 Å². The fourth-order valence-electron chi connectivity index (χ4n) is 4.00. The van der Waals surface area contributed by atoms with Gasteiger partial charge in [0.15, 0.2) is 0 Å². The van der Waals surface area contributed by atoms with E-state index >= 15 is 0 Å². The highest BCUT2D eigenvalue weighted by Crippen LogP contribution is 2.41. The fourth-order valence-corrected chi connectivity index (χ4v) is 4.17. The molecule has 3 heterocycles. The summed E-state index contributed by atoms with van der Waals surface area (Å²) in [7, 11) is 1.66. The molecule has 132 valence electrons. The molecule has 0 radical (unpaired) electrons. The number of hydrogen-bond acceptors (Lipinski definition) is 4. The number of methoxy groups -OCH3 is 1. The number of likely N-dealkylation sites (tertiary alicyclic amines) is 1. The van der Waals surface area contributed by atoms with Crippen molar-refractivity contribution in [2.24, 2.45) is 11.3 Å². The predicted molar refractivity (Wildman–Crippen MR) is 94.1 cm³/mol. The molecule has 0 saturated carbocycles. The number of H-pyrrole nitrogens is 1. The maximum atomic E-state index is 13.0. The lowest BCUT2D eigenvalue weighted by atomic mass is 9.82. The number of rotatable bonds is 3. The van der Waals surface area contributed by atoms with Crippen molar-refractivity contribution in [3.8, 4) is 0 Å². The summed E-state index contributed by atoms with van der Waals surface area (Å²) in [6.45, 7) is 2.89. The fraction of sp³-hybridized carbons (Fsp3) is 0.444. The molecule has 2 atom stereocenters. The Bertz CT molecular complexity index is 896. The summed E-state index contributed by atoms with van der Waals surface area (Å²) in [5.41, 5.74) is 0.339. The summed E-state index contributed by atoms with van der Waals surface area (Å²) in [5.74, 6) is -0.00211. The average molecular weight is 363 g/mol. The summed E-state index contributed by atoms with van der Waals surface area (Å²) in [4.78, 5) is 30.4. The molecule has 1 aromatic carbocycles. The van der Waals surface area contributed by atoms with Crippen LogP contribution in [0.25, 0.3) is 10.9 Å². The van der Waals surface area contributed by atoms with Crippen LogP contribution in [-0.4, -0.2) is 55.8 Å². The number of amides is 1. The van der Waals surface area contributed by atoms with Gasteiger partial charge in [-0.15, -0.1) is 0 Å². The van der Waals surface area contributed by atoms with E-state index in [2.05, 4.69) is 4.98 Å². The first-order valence-corrected chi connectivity index (χ1v) is 8.59. The van der Waals surface area contributed by atoms with Crippen LogP contribution in [0.1, 0.15) is 10.4 Å². The second kappa shape index (κ2) is 6.12. The zero-order chi connectivity index (χ0) is 17.6. The lowest BCUT2D eigenvalue weighted by Crippen LogP contribution is -2.38. The van der Waals surface area contributed by atoms with E-state index in [1.54, 1.807) is 30.2 Å². The van der Waals surface area contributed by atoms with Gasteiger partial charge in [0.1, 0.15) is 5.56 Å². The number of pyridine rings is 1. The van der Waals surface area contributed by atoms with Crippen LogP contribution in [0.15, 0.2) is 29.2 Å². The Labute approximate surface area is 149 Å². The van der Waals surface area contributed by atoms with Crippen molar-refractivity contribution in [2.75, 3.05) is 40.0 Å². The number of fused-ring (bicyclic) bond motifs is 2.